The molecule has 118 valence electrons. The smallest absolute Gasteiger partial charge is 0.224 e. The predicted octanol–water partition coefficient (Wildman–Crippen LogP) is 3.63. The van der Waals surface area contributed by atoms with E-state index in [1.165, 1.54) is 0 Å². The number of H-pyrrole nitrogens is 1. The first kappa shape index (κ1) is 16.1. The lowest BCUT2D eigenvalue weighted by molar-refractivity contribution is -0.115. The van der Waals surface area contributed by atoms with Gasteiger partial charge in [0.1, 0.15) is 11.4 Å². The molecular formula is C17H23N3O2. The van der Waals surface area contributed by atoms with E-state index in [2.05, 4.69) is 29.4 Å². The van der Waals surface area contributed by atoms with Crippen LogP contribution >= 0.6 is 0 Å². The van der Waals surface area contributed by atoms with E-state index in [4.69, 9.17) is 4.74 Å². The minimum absolute atomic E-state index is 0.0128. The van der Waals surface area contributed by atoms with E-state index < -0.39 is 0 Å². The lowest BCUT2D eigenvalue weighted by Gasteiger charge is -2.09. The number of rotatable bonds is 6. The first-order valence-electron chi connectivity index (χ1n) is 7.56. The van der Waals surface area contributed by atoms with E-state index in [1.54, 1.807) is 7.11 Å². The molecular weight excluding hydrogens is 278 g/mol. The minimum atomic E-state index is -0.0128. The molecule has 0 atom stereocenters. The molecule has 0 saturated heterocycles. The summed E-state index contributed by atoms with van der Waals surface area (Å²) in [6.45, 7) is 6.11. The fourth-order valence-electron chi connectivity index (χ4n) is 2.25. The zero-order chi connectivity index (χ0) is 16.1. The third kappa shape index (κ3) is 3.67. The normalized spacial score (nSPS) is 10.8. The minimum Gasteiger partial charge on any atom is -0.497 e. The third-order valence-corrected chi connectivity index (χ3v) is 3.40. The molecule has 0 aliphatic heterocycles. The number of anilines is 1. The SMILES string of the molecule is CCC(=O)Nc1c(-c2ccc(OC)cc2)n[nH]c1CC(C)C. The summed E-state index contributed by atoms with van der Waals surface area (Å²) in [4.78, 5) is 11.8. The molecule has 1 aromatic carbocycles. The second-order valence-corrected chi connectivity index (χ2v) is 5.65. The van der Waals surface area contributed by atoms with Gasteiger partial charge < -0.3 is 10.1 Å². The van der Waals surface area contributed by atoms with Gasteiger partial charge in [0.05, 0.1) is 18.5 Å². The highest BCUT2D eigenvalue weighted by Gasteiger charge is 2.17. The van der Waals surface area contributed by atoms with Crippen LogP contribution < -0.4 is 10.1 Å². The summed E-state index contributed by atoms with van der Waals surface area (Å²) >= 11 is 0. The molecule has 0 unspecified atom stereocenters. The Morgan fingerprint density at radius 3 is 2.55 bits per heavy atom. The van der Waals surface area contributed by atoms with Crippen LogP contribution in [0.15, 0.2) is 24.3 Å². The summed E-state index contributed by atoms with van der Waals surface area (Å²) in [5, 5.41) is 10.4. The number of methoxy groups -OCH3 is 1. The van der Waals surface area contributed by atoms with Crippen LogP contribution in [0.5, 0.6) is 5.75 Å². The number of aromatic nitrogens is 2. The van der Waals surface area contributed by atoms with Crippen molar-refractivity contribution in [2.24, 2.45) is 5.92 Å². The van der Waals surface area contributed by atoms with E-state index in [-0.39, 0.29) is 5.91 Å². The van der Waals surface area contributed by atoms with Crippen molar-refractivity contribution < 1.29 is 9.53 Å². The topological polar surface area (TPSA) is 67.0 Å². The molecule has 2 rings (SSSR count). The summed E-state index contributed by atoms with van der Waals surface area (Å²) in [5.74, 6) is 1.25. The molecule has 5 heteroatoms. The number of carbonyl (C=O) groups is 1. The second kappa shape index (κ2) is 7.11. The molecule has 1 heterocycles. The summed E-state index contributed by atoms with van der Waals surface area (Å²) in [7, 11) is 1.64. The Labute approximate surface area is 131 Å². The third-order valence-electron chi connectivity index (χ3n) is 3.40. The van der Waals surface area contributed by atoms with E-state index >= 15 is 0 Å². The maximum atomic E-state index is 11.8. The van der Waals surface area contributed by atoms with Crippen LogP contribution in [-0.4, -0.2) is 23.2 Å². The van der Waals surface area contributed by atoms with Crippen molar-refractivity contribution in [3.05, 3.63) is 30.0 Å². The molecule has 0 aliphatic rings. The van der Waals surface area contributed by atoms with Crippen LogP contribution in [0.4, 0.5) is 5.69 Å². The summed E-state index contributed by atoms with van der Waals surface area (Å²) < 4.78 is 5.18. The first-order valence-corrected chi connectivity index (χ1v) is 7.56. The van der Waals surface area contributed by atoms with Crippen molar-refractivity contribution >= 4 is 11.6 Å². The molecule has 2 aromatic rings. The van der Waals surface area contributed by atoms with Gasteiger partial charge in [-0.1, -0.05) is 20.8 Å². The number of nitrogens with zero attached hydrogens (tertiary/aromatic N) is 1. The number of nitrogens with one attached hydrogen (secondary N) is 2. The van der Waals surface area contributed by atoms with Crippen molar-refractivity contribution in [2.45, 2.75) is 33.6 Å². The molecule has 0 bridgehead atoms. The molecule has 1 aromatic heterocycles. The number of hydrogen-bond donors (Lipinski definition) is 2. The Morgan fingerprint density at radius 1 is 1.32 bits per heavy atom. The molecule has 1 amide bonds. The molecule has 0 aliphatic carbocycles. The fraction of sp³-hybridized carbons (Fsp3) is 0.412. The summed E-state index contributed by atoms with van der Waals surface area (Å²) in [6, 6.07) is 7.65. The summed E-state index contributed by atoms with van der Waals surface area (Å²) in [5.41, 5.74) is 3.45. The Morgan fingerprint density at radius 2 is 2.00 bits per heavy atom. The van der Waals surface area contributed by atoms with Gasteiger partial charge in [-0.2, -0.15) is 5.10 Å². The molecule has 0 radical (unpaired) electrons. The van der Waals surface area contributed by atoms with E-state index in [0.717, 1.165) is 34.8 Å². The number of ether oxygens (including phenoxy) is 1. The maximum Gasteiger partial charge on any atom is 0.224 e. The van der Waals surface area contributed by atoms with E-state index in [9.17, 15) is 4.79 Å². The van der Waals surface area contributed by atoms with E-state index in [1.807, 2.05) is 31.2 Å². The Hall–Kier alpha value is -2.30. The fourth-order valence-corrected chi connectivity index (χ4v) is 2.25. The largest absolute Gasteiger partial charge is 0.497 e. The van der Waals surface area contributed by atoms with Gasteiger partial charge >= 0.3 is 0 Å². The zero-order valence-electron chi connectivity index (χ0n) is 13.6. The van der Waals surface area contributed by atoms with Gasteiger partial charge in [0.15, 0.2) is 0 Å². The van der Waals surface area contributed by atoms with Crippen molar-refractivity contribution in [2.75, 3.05) is 12.4 Å². The Bertz CT molecular complexity index is 630. The molecule has 22 heavy (non-hydrogen) atoms. The van der Waals surface area contributed by atoms with Gasteiger partial charge in [-0.25, -0.2) is 0 Å². The number of benzene rings is 1. The van der Waals surface area contributed by atoms with Gasteiger partial charge in [0.2, 0.25) is 5.91 Å². The van der Waals surface area contributed by atoms with Crippen LogP contribution in [0.3, 0.4) is 0 Å². The predicted molar refractivity (Wildman–Crippen MR) is 88.0 cm³/mol. The van der Waals surface area contributed by atoms with Crippen LogP contribution in [0.25, 0.3) is 11.3 Å². The van der Waals surface area contributed by atoms with Crippen molar-refractivity contribution in [3.8, 4) is 17.0 Å². The number of aromatic amines is 1. The average molecular weight is 301 g/mol. The zero-order valence-corrected chi connectivity index (χ0v) is 13.6. The number of hydrogen-bond acceptors (Lipinski definition) is 3. The van der Waals surface area contributed by atoms with Crippen LogP contribution in [-0.2, 0) is 11.2 Å². The molecule has 0 spiro atoms. The molecule has 5 nitrogen and oxygen atoms in total. The Balaban J connectivity index is 2.40. The van der Waals surface area contributed by atoms with Crippen molar-refractivity contribution in [1.29, 1.82) is 0 Å². The monoisotopic (exact) mass is 301 g/mol. The van der Waals surface area contributed by atoms with Gasteiger partial charge in [0, 0.05) is 12.0 Å². The van der Waals surface area contributed by atoms with Gasteiger partial charge in [-0.05, 0) is 36.6 Å². The molecule has 0 saturated carbocycles. The first-order chi connectivity index (χ1) is 10.5. The van der Waals surface area contributed by atoms with Crippen LogP contribution in [0.2, 0.25) is 0 Å². The second-order valence-electron chi connectivity index (χ2n) is 5.65. The number of carbonyl (C=O) groups excluding carboxylic acids is 1. The van der Waals surface area contributed by atoms with Gasteiger partial charge in [0.25, 0.3) is 0 Å². The lowest BCUT2D eigenvalue weighted by Crippen LogP contribution is -2.12. The van der Waals surface area contributed by atoms with Crippen molar-refractivity contribution in [1.82, 2.24) is 10.2 Å². The van der Waals surface area contributed by atoms with Crippen molar-refractivity contribution in [3.63, 3.8) is 0 Å². The van der Waals surface area contributed by atoms with Crippen LogP contribution in [0.1, 0.15) is 32.9 Å². The molecule has 2 N–H and O–H groups in total. The number of amides is 1. The average Bonchev–Trinajstić information content (AvgIpc) is 2.89. The van der Waals surface area contributed by atoms with Crippen LogP contribution in [0, 0.1) is 5.92 Å². The van der Waals surface area contributed by atoms with E-state index in [0.29, 0.717) is 12.3 Å². The lowest BCUT2D eigenvalue weighted by atomic mass is 10.0. The highest BCUT2D eigenvalue weighted by atomic mass is 16.5. The standard InChI is InChI=1S/C17H23N3O2/c1-5-15(21)18-17-14(10-11(2)3)19-20-16(17)12-6-8-13(22-4)9-7-12/h6-9,11H,5,10H2,1-4H3,(H,18,21)(H,19,20). The highest BCUT2D eigenvalue weighted by Crippen LogP contribution is 2.31. The van der Waals surface area contributed by atoms with Gasteiger partial charge in [-0.15, -0.1) is 0 Å². The highest BCUT2D eigenvalue weighted by molar-refractivity contribution is 5.95. The maximum absolute atomic E-state index is 11.8. The summed E-state index contributed by atoms with van der Waals surface area (Å²) in [6.07, 6.45) is 1.27. The quantitative estimate of drug-likeness (QED) is 0.856. The Kier molecular flexibility index (Phi) is 5.20. The molecule has 0 fully saturated rings. The van der Waals surface area contributed by atoms with Gasteiger partial charge in [-0.3, -0.25) is 9.89 Å².